The Labute approximate surface area is 157 Å². The van der Waals surface area contributed by atoms with Gasteiger partial charge in [0.15, 0.2) is 6.10 Å². The molecule has 0 aliphatic carbocycles. The quantitative estimate of drug-likeness (QED) is 0.282. The van der Waals surface area contributed by atoms with Gasteiger partial charge in [-0.1, -0.05) is 64.5 Å². The zero-order chi connectivity index (χ0) is 19.0. The third-order valence-corrected chi connectivity index (χ3v) is 4.53. The normalized spacial score (nSPS) is 22.8. The molecule has 1 saturated heterocycles. The van der Waals surface area contributed by atoms with E-state index in [1.54, 1.807) is 0 Å². The molecule has 0 saturated carbocycles. The van der Waals surface area contributed by atoms with E-state index < -0.39 is 18.4 Å². The van der Waals surface area contributed by atoms with Gasteiger partial charge in [-0.15, -0.1) is 0 Å². The van der Waals surface area contributed by atoms with Crippen LogP contribution >= 0.6 is 0 Å². The number of ether oxygens (including phenoxy) is 4. The first kappa shape index (κ1) is 22.9. The number of carbonyl (C=O) groups excluding carboxylic acids is 1. The van der Waals surface area contributed by atoms with Gasteiger partial charge in [0.1, 0.15) is 12.7 Å². The molecule has 0 aromatic heterocycles. The lowest BCUT2D eigenvalue weighted by atomic mass is 10.0. The molecule has 1 rings (SSSR count). The molecule has 6 heteroatoms. The summed E-state index contributed by atoms with van der Waals surface area (Å²) in [6.45, 7) is 6.68. The van der Waals surface area contributed by atoms with E-state index in [1.165, 1.54) is 44.6 Å². The van der Waals surface area contributed by atoms with Crippen molar-refractivity contribution in [2.45, 2.75) is 83.0 Å². The Balaban J connectivity index is 2.27. The zero-order valence-corrected chi connectivity index (χ0v) is 16.2. The molecule has 6 nitrogen and oxygen atoms in total. The summed E-state index contributed by atoms with van der Waals surface area (Å²) in [4.78, 5) is 11.7. The topological polar surface area (TPSA) is 74.2 Å². The molecule has 1 aliphatic rings. The number of carbonyl (C=O) groups is 1. The van der Waals surface area contributed by atoms with Crippen LogP contribution in [0, 0.1) is 0 Å². The van der Waals surface area contributed by atoms with Crippen molar-refractivity contribution in [3.63, 3.8) is 0 Å². The van der Waals surface area contributed by atoms with E-state index >= 15 is 0 Å². The number of aliphatic hydroxyl groups is 1. The first-order chi connectivity index (χ1) is 12.7. The molecule has 0 amide bonds. The lowest BCUT2D eigenvalue weighted by Crippen LogP contribution is -2.50. The van der Waals surface area contributed by atoms with Crippen molar-refractivity contribution in [2.24, 2.45) is 0 Å². The molecular weight excluding hydrogens is 336 g/mol. The molecule has 3 atom stereocenters. The van der Waals surface area contributed by atoms with Crippen molar-refractivity contribution >= 4 is 6.16 Å². The van der Waals surface area contributed by atoms with E-state index in [0.717, 1.165) is 12.8 Å². The van der Waals surface area contributed by atoms with Gasteiger partial charge in [0, 0.05) is 19.6 Å². The average molecular weight is 373 g/mol. The Hall–Kier alpha value is -1.11. The molecule has 0 radical (unpaired) electrons. The fourth-order valence-electron chi connectivity index (χ4n) is 3.06. The summed E-state index contributed by atoms with van der Waals surface area (Å²) in [5.41, 5.74) is 0. The lowest BCUT2D eigenvalue weighted by molar-refractivity contribution is -0.172. The van der Waals surface area contributed by atoms with E-state index in [-0.39, 0.29) is 19.3 Å². The van der Waals surface area contributed by atoms with Crippen LogP contribution in [0.2, 0.25) is 0 Å². The van der Waals surface area contributed by atoms with E-state index in [1.807, 2.05) is 0 Å². The largest absolute Gasteiger partial charge is 0.509 e. The van der Waals surface area contributed by atoms with Crippen molar-refractivity contribution < 1.29 is 28.8 Å². The molecule has 0 aromatic carbocycles. The number of hydrogen-bond donors (Lipinski definition) is 1. The maximum Gasteiger partial charge on any atom is 0.509 e. The van der Waals surface area contributed by atoms with Crippen molar-refractivity contribution in [3.05, 3.63) is 12.7 Å². The Kier molecular flexibility index (Phi) is 13.2. The van der Waals surface area contributed by atoms with Crippen LogP contribution in [0.1, 0.15) is 64.7 Å². The Morgan fingerprint density at radius 3 is 2.54 bits per heavy atom. The molecule has 2 unspecified atom stereocenters. The van der Waals surface area contributed by atoms with Gasteiger partial charge in [0.2, 0.25) is 0 Å². The van der Waals surface area contributed by atoms with Gasteiger partial charge >= 0.3 is 6.16 Å². The zero-order valence-electron chi connectivity index (χ0n) is 16.2. The van der Waals surface area contributed by atoms with Crippen LogP contribution in [-0.4, -0.2) is 56.0 Å². The highest BCUT2D eigenvalue weighted by Crippen LogP contribution is 2.22. The van der Waals surface area contributed by atoms with Crippen molar-refractivity contribution in [1.82, 2.24) is 0 Å². The molecule has 26 heavy (non-hydrogen) atoms. The molecule has 0 bridgehead atoms. The highest BCUT2D eigenvalue weighted by Gasteiger charge is 2.38. The second-order valence-corrected chi connectivity index (χ2v) is 6.70. The van der Waals surface area contributed by atoms with E-state index in [2.05, 4.69) is 13.5 Å². The first-order valence-corrected chi connectivity index (χ1v) is 10.0. The number of unbranched alkanes of at least 4 members (excludes halogenated alkanes) is 7. The van der Waals surface area contributed by atoms with Gasteiger partial charge in [-0.25, -0.2) is 4.79 Å². The van der Waals surface area contributed by atoms with Crippen LogP contribution in [0.4, 0.5) is 4.79 Å². The predicted octanol–water partition coefficient (Wildman–Crippen LogP) is 4.00. The fraction of sp³-hybridized carbons (Fsp3) is 0.850. The van der Waals surface area contributed by atoms with E-state index in [9.17, 15) is 9.90 Å². The number of rotatable bonds is 14. The van der Waals surface area contributed by atoms with Gasteiger partial charge in [-0.05, 0) is 6.42 Å². The second kappa shape index (κ2) is 15.0. The van der Waals surface area contributed by atoms with Gasteiger partial charge in [0.25, 0.3) is 0 Å². The maximum absolute atomic E-state index is 11.7. The minimum Gasteiger partial charge on any atom is -0.430 e. The summed E-state index contributed by atoms with van der Waals surface area (Å²) in [5, 5.41) is 9.47. The molecule has 1 N–H and O–H groups in total. The van der Waals surface area contributed by atoms with Crippen LogP contribution in [-0.2, 0) is 18.9 Å². The van der Waals surface area contributed by atoms with Crippen molar-refractivity contribution in [1.29, 1.82) is 0 Å². The van der Waals surface area contributed by atoms with Crippen LogP contribution in [0.3, 0.4) is 0 Å². The standard InChI is InChI=1S/C20H36O6/c1-3-5-6-7-8-9-10-11-14-23-17-12-15-24-18(16-21)19(17)26-20(22)25-13-4-2/h4,17-19,21H,2-3,5-16H2,1H3/t17?,18?,19-/m0/s1. The molecule has 0 aromatic rings. The Morgan fingerprint density at radius 1 is 1.19 bits per heavy atom. The Bertz CT molecular complexity index is 373. The van der Waals surface area contributed by atoms with Gasteiger partial charge in [0.05, 0.1) is 12.7 Å². The molecular formula is C20H36O6. The van der Waals surface area contributed by atoms with Gasteiger partial charge < -0.3 is 24.1 Å². The summed E-state index contributed by atoms with van der Waals surface area (Å²) < 4.78 is 21.6. The third kappa shape index (κ3) is 9.55. The SMILES string of the molecule is C=CCOC(=O)O[C@@H]1C(CO)OCCC1OCCCCCCCCCC. The molecule has 0 spiro atoms. The summed E-state index contributed by atoms with van der Waals surface area (Å²) >= 11 is 0. The van der Waals surface area contributed by atoms with Crippen LogP contribution in [0.15, 0.2) is 12.7 Å². The molecule has 1 fully saturated rings. The summed E-state index contributed by atoms with van der Waals surface area (Å²) in [7, 11) is 0. The monoisotopic (exact) mass is 372 g/mol. The minimum atomic E-state index is -0.792. The van der Waals surface area contributed by atoms with Crippen LogP contribution in [0.5, 0.6) is 0 Å². The number of aliphatic hydroxyl groups excluding tert-OH is 1. The fourth-order valence-corrected chi connectivity index (χ4v) is 3.06. The predicted molar refractivity (Wildman–Crippen MR) is 100 cm³/mol. The molecule has 1 heterocycles. The van der Waals surface area contributed by atoms with Crippen molar-refractivity contribution in [3.8, 4) is 0 Å². The average Bonchev–Trinajstić information content (AvgIpc) is 2.66. The minimum absolute atomic E-state index is 0.0833. The smallest absolute Gasteiger partial charge is 0.430 e. The highest BCUT2D eigenvalue weighted by molar-refractivity contribution is 5.60. The summed E-state index contributed by atoms with van der Waals surface area (Å²) in [6.07, 6.45) is 9.70. The van der Waals surface area contributed by atoms with Gasteiger partial charge in [-0.2, -0.15) is 0 Å². The maximum atomic E-state index is 11.7. The number of hydrogen-bond acceptors (Lipinski definition) is 6. The van der Waals surface area contributed by atoms with Crippen molar-refractivity contribution in [2.75, 3.05) is 26.4 Å². The third-order valence-electron chi connectivity index (χ3n) is 4.53. The molecule has 152 valence electrons. The first-order valence-electron chi connectivity index (χ1n) is 10.0. The van der Waals surface area contributed by atoms with E-state index in [4.69, 9.17) is 18.9 Å². The lowest BCUT2D eigenvalue weighted by Gasteiger charge is -2.36. The molecule has 1 aliphatic heterocycles. The summed E-state index contributed by atoms with van der Waals surface area (Å²) in [5.74, 6) is 0. The van der Waals surface area contributed by atoms with Crippen LogP contribution in [0.25, 0.3) is 0 Å². The highest BCUT2D eigenvalue weighted by atomic mass is 16.7. The van der Waals surface area contributed by atoms with Gasteiger partial charge in [-0.3, -0.25) is 0 Å². The van der Waals surface area contributed by atoms with E-state index in [0.29, 0.717) is 19.6 Å². The second-order valence-electron chi connectivity index (χ2n) is 6.70. The van der Waals surface area contributed by atoms with Crippen LogP contribution < -0.4 is 0 Å². The summed E-state index contributed by atoms with van der Waals surface area (Å²) in [6, 6.07) is 0. The Morgan fingerprint density at radius 2 is 1.88 bits per heavy atom.